The number of unbranched alkanes of at least 4 members (excludes halogenated alkanes) is 1. The van der Waals surface area contributed by atoms with Crippen molar-refractivity contribution in [1.82, 2.24) is 0 Å². The van der Waals surface area contributed by atoms with Gasteiger partial charge in [0, 0.05) is 19.3 Å². The van der Waals surface area contributed by atoms with Gasteiger partial charge in [-0.05, 0) is 75.0 Å². The molecule has 4 aromatic carbocycles. The standard InChI is InChI=1S/C39H39F3O6/c1-26(24-43)37(45)47-17-14-29-19-30(15-18-48-38(46)27(2)25-44)22-36(21-29)32-10-8-31(9-11-32)34-13-12-33-20-28(6-7-35(33)23-34)5-3-4-16-39(40,41)42/h6-13,19-23,43-44H,1-5,14-18,24-25H2. The average molecular weight is 661 g/mol. The van der Waals surface area contributed by atoms with E-state index in [1.54, 1.807) is 0 Å². The Bertz CT molecular complexity index is 1710. The maximum Gasteiger partial charge on any atom is 0.389 e. The zero-order valence-corrected chi connectivity index (χ0v) is 26.7. The van der Waals surface area contributed by atoms with Crippen LogP contribution in [0.2, 0.25) is 0 Å². The van der Waals surface area contributed by atoms with Crippen LogP contribution < -0.4 is 0 Å². The molecule has 0 aliphatic rings. The van der Waals surface area contributed by atoms with Gasteiger partial charge in [-0.2, -0.15) is 13.2 Å². The number of ether oxygens (including phenoxy) is 2. The summed E-state index contributed by atoms with van der Waals surface area (Å²) < 4.78 is 47.8. The lowest BCUT2D eigenvalue weighted by molar-refractivity contribution is -0.140. The van der Waals surface area contributed by atoms with E-state index in [-0.39, 0.29) is 30.8 Å². The first-order valence-corrected chi connectivity index (χ1v) is 15.7. The highest BCUT2D eigenvalue weighted by Gasteiger charge is 2.25. The minimum absolute atomic E-state index is 0.0229. The monoisotopic (exact) mass is 660 g/mol. The highest BCUT2D eigenvalue weighted by Crippen LogP contribution is 2.30. The summed E-state index contributed by atoms with van der Waals surface area (Å²) in [6.07, 6.45) is -2.83. The lowest BCUT2D eigenvalue weighted by atomic mass is 9.95. The van der Waals surface area contributed by atoms with Gasteiger partial charge in [0.25, 0.3) is 0 Å². The fourth-order valence-electron chi connectivity index (χ4n) is 5.21. The molecular formula is C39H39F3O6. The molecule has 252 valence electrons. The lowest BCUT2D eigenvalue weighted by Crippen LogP contribution is -2.13. The van der Waals surface area contributed by atoms with Crippen LogP contribution in [-0.2, 0) is 38.3 Å². The van der Waals surface area contributed by atoms with Crippen LogP contribution in [0.3, 0.4) is 0 Å². The Morgan fingerprint density at radius 2 is 1.08 bits per heavy atom. The number of hydrogen-bond donors (Lipinski definition) is 2. The summed E-state index contributed by atoms with van der Waals surface area (Å²) in [5, 5.41) is 20.3. The van der Waals surface area contributed by atoms with Crippen molar-refractivity contribution in [2.24, 2.45) is 0 Å². The van der Waals surface area contributed by atoms with E-state index in [1.165, 1.54) is 0 Å². The van der Waals surface area contributed by atoms with Gasteiger partial charge < -0.3 is 19.7 Å². The van der Waals surface area contributed by atoms with Gasteiger partial charge in [0.1, 0.15) is 0 Å². The molecule has 9 heteroatoms. The van der Waals surface area contributed by atoms with Crippen molar-refractivity contribution in [2.45, 2.75) is 44.7 Å². The van der Waals surface area contributed by atoms with E-state index in [9.17, 15) is 22.8 Å². The second-order valence-corrected chi connectivity index (χ2v) is 11.6. The topological polar surface area (TPSA) is 93.1 Å². The molecular weight excluding hydrogens is 621 g/mol. The third-order valence-electron chi connectivity index (χ3n) is 7.89. The molecule has 2 N–H and O–H groups in total. The molecule has 0 atom stereocenters. The first kappa shape index (κ1) is 36.1. The predicted molar refractivity (Wildman–Crippen MR) is 180 cm³/mol. The molecule has 0 aromatic heterocycles. The van der Waals surface area contributed by atoms with Crippen LogP contribution in [-0.4, -0.2) is 54.8 Å². The molecule has 0 heterocycles. The molecule has 6 nitrogen and oxygen atoms in total. The molecule has 0 fully saturated rings. The van der Waals surface area contributed by atoms with E-state index in [4.69, 9.17) is 19.7 Å². The van der Waals surface area contributed by atoms with Crippen LogP contribution in [0.1, 0.15) is 36.0 Å². The second-order valence-electron chi connectivity index (χ2n) is 11.6. The van der Waals surface area contributed by atoms with Gasteiger partial charge in [-0.3, -0.25) is 0 Å². The molecule has 4 aromatic rings. The Balaban J connectivity index is 1.49. The lowest BCUT2D eigenvalue weighted by Gasteiger charge is -2.13. The molecule has 0 unspecified atom stereocenters. The van der Waals surface area contributed by atoms with Crippen LogP contribution in [0.5, 0.6) is 0 Å². The highest BCUT2D eigenvalue weighted by molar-refractivity contribution is 5.89. The van der Waals surface area contributed by atoms with Gasteiger partial charge in [0.2, 0.25) is 0 Å². The summed E-state index contributed by atoms with van der Waals surface area (Å²) >= 11 is 0. The number of hydrogen-bond acceptors (Lipinski definition) is 6. The van der Waals surface area contributed by atoms with Gasteiger partial charge >= 0.3 is 18.1 Å². The fraction of sp³-hybridized carbons (Fsp3) is 0.282. The average Bonchev–Trinajstić information content (AvgIpc) is 3.08. The molecule has 0 radical (unpaired) electrons. The predicted octanol–water partition coefficient (Wildman–Crippen LogP) is 7.72. The molecule has 0 spiro atoms. The van der Waals surface area contributed by atoms with Crippen molar-refractivity contribution in [2.75, 3.05) is 26.4 Å². The quantitative estimate of drug-likeness (QED) is 0.0727. The molecule has 0 aliphatic carbocycles. The van der Waals surface area contributed by atoms with Crippen molar-refractivity contribution < 1.29 is 42.4 Å². The van der Waals surface area contributed by atoms with Crippen LogP contribution in [0.4, 0.5) is 13.2 Å². The number of halogens is 3. The van der Waals surface area contributed by atoms with Gasteiger partial charge in [0.05, 0.1) is 37.6 Å². The maximum atomic E-state index is 12.5. The van der Waals surface area contributed by atoms with Gasteiger partial charge in [0.15, 0.2) is 0 Å². The van der Waals surface area contributed by atoms with E-state index < -0.39 is 37.7 Å². The zero-order valence-electron chi connectivity index (χ0n) is 26.7. The number of esters is 2. The van der Waals surface area contributed by atoms with Crippen LogP contribution in [0.15, 0.2) is 103 Å². The van der Waals surface area contributed by atoms with Gasteiger partial charge in [-0.25, -0.2) is 9.59 Å². The first-order chi connectivity index (χ1) is 23.0. The highest BCUT2D eigenvalue weighted by atomic mass is 19.4. The van der Waals surface area contributed by atoms with Crippen LogP contribution in [0.25, 0.3) is 33.0 Å². The van der Waals surface area contributed by atoms with Gasteiger partial charge in [-0.1, -0.05) is 86.0 Å². The summed E-state index contributed by atoms with van der Waals surface area (Å²) in [5.74, 6) is -1.32. The van der Waals surface area contributed by atoms with Gasteiger partial charge in [-0.15, -0.1) is 0 Å². The number of benzene rings is 4. The Morgan fingerprint density at radius 3 is 1.62 bits per heavy atom. The van der Waals surface area contributed by atoms with Crippen molar-refractivity contribution in [3.05, 3.63) is 120 Å². The SMILES string of the molecule is C=C(CO)C(=O)OCCc1cc(CCOC(=O)C(=C)CO)cc(-c2ccc(-c3ccc4cc(CCCCC(F)(F)F)ccc4c3)cc2)c1. The molecule has 48 heavy (non-hydrogen) atoms. The Kier molecular flexibility index (Phi) is 12.7. The summed E-state index contributed by atoms with van der Waals surface area (Å²) in [6, 6.07) is 26.2. The number of rotatable bonds is 16. The fourth-order valence-corrected chi connectivity index (χ4v) is 5.21. The number of carbonyl (C=O) groups is 2. The Hall–Kier alpha value is -4.73. The van der Waals surface area contributed by atoms with E-state index in [2.05, 4.69) is 19.2 Å². The van der Waals surface area contributed by atoms with E-state index in [1.807, 2.05) is 72.8 Å². The number of carbonyl (C=O) groups excluding carboxylic acids is 2. The van der Waals surface area contributed by atoms with E-state index >= 15 is 0 Å². The maximum absolute atomic E-state index is 12.5. The molecule has 0 amide bonds. The van der Waals surface area contributed by atoms with Crippen molar-refractivity contribution in [3.63, 3.8) is 0 Å². The molecule has 0 aliphatic heterocycles. The Morgan fingerprint density at radius 1 is 0.583 bits per heavy atom. The van der Waals surface area contributed by atoms with E-state index in [0.717, 1.165) is 49.7 Å². The van der Waals surface area contributed by atoms with Crippen molar-refractivity contribution >= 4 is 22.7 Å². The molecule has 4 rings (SSSR count). The van der Waals surface area contributed by atoms with Crippen LogP contribution in [0, 0.1) is 0 Å². The van der Waals surface area contributed by atoms with E-state index in [0.29, 0.717) is 25.7 Å². The molecule has 0 bridgehead atoms. The number of aliphatic hydroxyl groups is 2. The number of aliphatic hydroxyl groups excluding tert-OH is 2. The minimum atomic E-state index is -4.11. The van der Waals surface area contributed by atoms with Crippen molar-refractivity contribution in [1.29, 1.82) is 0 Å². The third kappa shape index (κ3) is 10.7. The summed E-state index contributed by atoms with van der Waals surface area (Å²) in [5.41, 5.74) is 6.69. The Labute approximate surface area is 278 Å². The zero-order chi connectivity index (χ0) is 34.7. The first-order valence-electron chi connectivity index (χ1n) is 15.7. The van der Waals surface area contributed by atoms with Crippen molar-refractivity contribution in [3.8, 4) is 22.3 Å². The molecule has 0 saturated heterocycles. The number of fused-ring (bicyclic) bond motifs is 1. The molecule has 0 saturated carbocycles. The number of aryl methyl sites for hydroxylation is 1. The smallest absolute Gasteiger partial charge is 0.389 e. The van der Waals surface area contributed by atoms with Crippen LogP contribution >= 0.6 is 0 Å². The normalized spacial score (nSPS) is 11.4. The largest absolute Gasteiger partial charge is 0.462 e. The minimum Gasteiger partial charge on any atom is -0.462 e. The summed E-state index contributed by atoms with van der Waals surface area (Å²) in [4.78, 5) is 23.9. The third-order valence-corrected chi connectivity index (χ3v) is 7.89. The number of alkyl halides is 3. The summed E-state index contributed by atoms with van der Waals surface area (Å²) in [6.45, 7) is 6.19. The summed E-state index contributed by atoms with van der Waals surface area (Å²) in [7, 11) is 0. The second kappa shape index (κ2) is 16.9.